The van der Waals surface area contributed by atoms with Gasteiger partial charge in [0.05, 0.1) is 6.61 Å². The van der Waals surface area contributed by atoms with Gasteiger partial charge in [0.2, 0.25) is 0 Å². The van der Waals surface area contributed by atoms with E-state index in [-0.39, 0.29) is 6.03 Å². The van der Waals surface area contributed by atoms with E-state index in [0.717, 1.165) is 22.3 Å². The van der Waals surface area contributed by atoms with Crippen LogP contribution >= 0.6 is 15.9 Å². The van der Waals surface area contributed by atoms with Crippen molar-refractivity contribution in [2.75, 3.05) is 18.5 Å². The van der Waals surface area contributed by atoms with E-state index in [1.807, 2.05) is 55.5 Å². The maximum absolute atomic E-state index is 11.7. The number of ether oxygens (including phenoxy) is 1. The molecule has 0 heterocycles. The molecule has 0 saturated heterocycles. The van der Waals surface area contributed by atoms with E-state index >= 15 is 0 Å². The lowest BCUT2D eigenvalue weighted by Crippen LogP contribution is -2.30. The second kappa shape index (κ2) is 8.44. The van der Waals surface area contributed by atoms with Gasteiger partial charge in [-0.15, -0.1) is 0 Å². The Balaban J connectivity index is 1.61. The molecule has 0 aliphatic heterocycles. The molecular weight excluding hydrogens is 344 g/mol. The predicted molar refractivity (Wildman–Crippen MR) is 92.5 cm³/mol. The molecule has 2 amide bonds. The van der Waals surface area contributed by atoms with Gasteiger partial charge < -0.3 is 15.4 Å². The molecule has 2 N–H and O–H groups in total. The van der Waals surface area contributed by atoms with Gasteiger partial charge in [0, 0.05) is 16.7 Å². The summed E-state index contributed by atoms with van der Waals surface area (Å²) in [5.74, 6) is 0.852. The Labute approximate surface area is 139 Å². The number of aryl methyl sites for hydroxylation is 1. The first kappa shape index (κ1) is 16.4. The Bertz CT molecular complexity index is 597. The van der Waals surface area contributed by atoms with Gasteiger partial charge >= 0.3 is 6.03 Å². The lowest BCUT2D eigenvalue weighted by molar-refractivity contribution is 0.250. The first-order chi connectivity index (χ1) is 10.6. The smallest absolute Gasteiger partial charge is 0.319 e. The fraction of sp³-hybridized carbons (Fsp3) is 0.235. The van der Waals surface area contributed by atoms with E-state index in [0.29, 0.717) is 13.2 Å². The number of benzene rings is 2. The number of hydrogen-bond acceptors (Lipinski definition) is 2. The topological polar surface area (TPSA) is 50.4 Å². The number of halogens is 1. The normalized spacial score (nSPS) is 10.1. The molecule has 0 spiro atoms. The summed E-state index contributed by atoms with van der Waals surface area (Å²) in [6.45, 7) is 3.17. The summed E-state index contributed by atoms with van der Waals surface area (Å²) in [4.78, 5) is 11.7. The van der Waals surface area contributed by atoms with Gasteiger partial charge in [-0.1, -0.05) is 33.6 Å². The standard InChI is InChI=1S/C17H19BrN2O2/c1-13-3-9-16(10-4-13)22-12-2-11-19-17(21)20-15-7-5-14(18)6-8-15/h3-10H,2,11-12H2,1H3,(H2,19,20,21). The molecule has 0 saturated carbocycles. The molecule has 116 valence electrons. The molecule has 0 unspecified atom stereocenters. The van der Waals surface area contributed by atoms with Crippen LogP contribution in [-0.2, 0) is 0 Å². The van der Waals surface area contributed by atoms with Gasteiger partial charge in [-0.3, -0.25) is 0 Å². The second-order valence-corrected chi connectivity index (χ2v) is 5.82. The number of carbonyl (C=O) groups excluding carboxylic acids is 1. The Kier molecular flexibility index (Phi) is 6.27. The number of amides is 2. The van der Waals surface area contributed by atoms with E-state index in [1.54, 1.807) is 0 Å². The van der Waals surface area contributed by atoms with Crippen LogP contribution in [0.3, 0.4) is 0 Å². The summed E-state index contributed by atoms with van der Waals surface area (Å²) in [6, 6.07) is 15.1. The third kappa shape index (κ3) is 5.77. The molecule has 0 aliphatic rings. The van der Waals surface area contributed by atoms with Crippen LogP contribution < -0.4 is 15.4 Å². The largest absolute Gasteiger partial charge is 0.494 e. The average molecular weight is 363 g/mol. The zero-order chi connectivity index (χ0) is 15.8. The third-order valence-electron chi connectivity index (χ3n) is 3.00. The van der Waals surface area contributed by atoms with Crippen molar-refractivity contribution in [3.05, 3.63) is 58.6 Å². The number of anilines is 1. The number of nitrogens with one attached hydrogen (secondary N) is 2. The number of hydrogen-bond donors (Lipinski definition) is 2. The van der Waals surface area contributed by atoms with Gasteiger partial charge in [0.1, 0.15) is 5.75 Å². The highest BCUT2D eigenvalue weighted by Crippen LogP contribution is 2.14. The minimum absolute atomic E-state index is 0.211. The summed E-state index contributed by atoms with van der Waals surface area (Å²) < 4.78 is 6.58. The van der Waals surface area contributed by atoms with Crippen LogP contribution in [0.1, 0.15) is 12.0 Å². The fourth-order valence-corrected chi connectivity index (χ4v) is 2.07. The molecule has 2 rings (SSSR count). The molecule has 0 aliphatic carbocycles. The zero-order valence-corrected chi connectivity index (χ0v) is 14.0. The van der Waals surface area contributed by atoms with Crippen LogP contribution in [0.2, 0.25) is 0 Å². The van der Waals surface area contributed by atoms with Crippen molar-refractivity contribution in [3.8, 4) is 5.75 Å². The molecule has 0 aromatic heterocycles. The van der Waals surface area contributed by atoms with Crippen molar-refractivity contribution in [1.29, 1.82) is 0 Å². The minimum atomic E-state index is -0.211. The van der Waals surface area contributed by atoms with Gasteiger partial charge in [0.25, 0.3) is 0 Å². The van der Waals surface area contributed by atoms with Crippen molar-refractivity contribution in [1.82, 2.24) is 5.32 Å². The molecular formula is C17H19BrN2O2. The third-order valence-corrected chi connectivity index (χ3v) is 3.53. The zero-order valence-electron chi connectivity index (χ0n) is 12.4. The van der Waals surface area contributed by atoms with E-state index in [1.165, 1.54) is 5.56 Å². The average Bonchev–Trinajstić information content (AvgIpc) is 2.51. The van der Waals surface area contributed by atoms with Crippen molar-refractivity contribution < 1.29 is 9.53 Å². The first-order valence-corrected chi connectivity index (χ1v) is 7.93. The Hall–Kier alpha value is -2.01. The molecule has 0 radical (unpaired) electrons. The molecule has 5 heteroatoms. The van der Waals surface area contributed by atoms with E-state index in [2.05, 4.69) is 26.6 Å². The van der Waals surface area contributed by atoms with E-state index < -0.39 is 0 Å². The lowest BCUT2D eigenvalue weighted by atomic mass is 10.2. The highest BCUT2D eigenvalue weighted by atomic mass is 79.9. The van der Waals surface area contributed by atoms with Crippen molar-refractivity contribution in [3.63, 3.8) is 0 Å². The Morgan fingerprint density at radius 3 is 2.45 bits per heavy atom. The lowest BCUT2D eigenvalue weighted by Gasteiger charge is -2.09. The maximum atomic E-state index is 11.7. The minimum Gasteiger partial charge on any atom is -0.494 e. The molecule has 0 fully saturated rings. The predicted octanol–water partition coefficient (Wildman–Crippen LogP) is 4.35. The molecule has 0 atom stereocenters. The molecule has 4 nitrogen and oxygen atoms in total. The SMILES string of the molecule is Cc1ccc(OCCCNC(=O)Nc2ccc(Br)cc2)cc1. The van der Waals surface area contributed by atoms with Crippen LogP contribution in [0.15, 0.2) is 53.0 Å². The summed E-state index contributed by atoms with van der Waals surface area (Å²) in [5.41, 5.74) is 1.97. The van der Waals surface area contributed by atoms with Crippen LogP contribution in [0.25, 0.3) is 0 Å². The van der Waals surface area contributed by atoms with Crippen molar-refractivity contribution >= 4 is 27.6 Å². The highest BCUT2D eigenvalue weighted by molar-refractivity contribution is 9.10. The molecule has 22 heavy (non-hydrogen) atoms. The summed E-state index contributed by atoms with van der Waals surface area (Å²) >= 11 is 3.35. The second-order valence-electron chi connectivity index (χ2n) is 4.90. The van der Waals surface area contributed by atoms with Crippen molar-refractivity contribution in [2.45, 2.75) is 13.3 Å². The quantitative estimate of drug-likeness (QED) is 0.750. The Morgan fingerprint density at radius 1 is 1.09 bits per heavy atom. The first-order valence-electron chi connectivity index (χ1n) is 7.13. The number of urea groups is 1. The number of rotatable bonds is 6. The van der Waals surface area contributed by atoms with E-state index in [4.69, 9.17) is 4.74 Å². The molecule has 2 aromatic rings. The fourth-order valence-electron chi connectivity index (χ4n) is 1.81. The summed E-state index contributed by atoms with van der Waals surface area (Å²) in [7, 11) is 0. The number of carbonyl (C=O) groups is 1. The van der Waals surface area contributed by atoms with Gasteiger partial charge in [0.15, 0.2) is 0 Å². The monoisotopic (exact) mass is 362 g/mol. The Morgan fingerprint density at radius 2 is 1.77 bits per heavy atom. The van der Waals surface area contributed by atoms with Crippen molar-refractivity contribution in [2.24, 2.45) is 0 Å². The van der Waals surface area contributed by atoms with Crippen LogP contribution in [-0.4, -0.2) is 19.2 Å². The van der Waals surface area contributed by atoms with Crippen LogP contribution in [0.5, 0.6) is 5.75 Å². The van der Waals surface area contributed by atoms with Gasteiger partial charge in [-0.05, 0) is 49.7 Å². The maximum Gasteiger partial charge on any atom is 0.319 e. The van der Waals surface area contributed by atoms with Crippen LogP contribution in [0.4, 0.5) is 10.5 Å². The summed E-state index contributed by atoms with van der Waals surface area (Å²) in [6.07, 6.45) is 0.752. The van der Waals surface area contributed by atoms with Gasteiger partial charge in [-0.25, -0.2) is 4.79 Å². The summed E-state index contributed by atoms with van der Waals surface area (Å²) in [5, 5.41) is 5.57. The van der Waals surface area contributed by atoms with Gasteiger partial charge in [-0.2, -0.15) is 0 Å². The molecule has 2 aromatic carbocycles. The highest BCUT2D eigenvalue weighted by Gasteiger charge is 2.01. The molecule has 0 bridgehead atoms. The van der Waals surface area contributed by atoms with Crippen LogP contribution in [0, 0.1) is 6.92 Å². The van der Waals surface area contributed by atoms with E-state index in [9.17, 15) is 4.79 Å².